The number of rotatable bonds is 5. The summed E-state index contributed by atoms with van der Waals surface area (Å²) in [5.41, 5.74) is 4.79. The van der Waals surface area contributed by atoms with E-state index in [2.05, 4.69) is 37.3 Å². The van der Waals surface area contributed by atoms with Crippen molar-refractivity contribution in [2.45, 2.75) is 6.04 Å². The number of ether oxygens (including phenoxy) is 2. The molecule has 0 amide bonds. The van der Waals surface area contributed by atoms with Crippen LogP contribution in [0.25, 0.3) is 0 Å². The van der Waals surface area contributed by atoms with Crippen LogP contribution in [0.4, 0.5) is 0 Å². The molecule has 3 N–H and O–H groups in total. The maximum Gasteiger partial charge on any atom is 0.141 e. The zero-order chi connectivity index (χ0) is 15.4. The normalized spacial score (nSPS) is 12.0. The van der Waals surface area contributed by atoms with Crippen molar-refractivity contribution in [2.24, 2.45) is 5.84 Å². The Hall–Kier alpha value is -1.08. The smallest absolute Gasteiger partial charge is 0.141 e. The Morgan fingerprint density at radius 1 is 1.10 bits per heavy atom. The van der Waals surface area contributed by atoms with Crippen LogP contribution in [0.1, 0.15) is 17.2 Å². The third-order valence-electron chi connectivity index (χ3n) is 3.18. The molecular formula is C15H16Br2N2O2. The van der Waals surface area contributed by atoms with Gasteiger partial charge in [-0.1, -0.05) is 28.1 Å². The van der Waals surface area contributed by atoms with Crippen LogP contribution in [0.2, 0.25) is 0 Å². The molecule has 0 aromatic heterocycles. The van der Waals surface area contributed by atoms with E-state index in [4.69, 9.17) is 15.3 Å². The van der Waals surface area contributed by atoms with Gasteiger partial charge in [-0.15, -0.1) is 0 Å². The summed E-state index contributed by atoms with van der Waals surface area (Å²) >= 11 is 6.99. The minimum atomic E-state index is -0.195. The predicted octanol–water partition coefficient (Wildman–Crippen LogP) is 3.78. The minimum Gasteiger partial charge on any atom is -0.495 e. The van der Waals surface area contributed by atoms with Gasteiger partial charge in [-0.05, 0) is 45.8 Å². The largest absolute Gasteiger partial charge is 0.495 e. The highest BCUT2D eigenvalue weighted by Crippen LogP contribution is 2.41. The van der Waals surface area contributed by atoms with Crippen molar-refractivity contribution in [2.75, 3.05) is 14.2 Å². The molecule has 21 heavy (non-hydrogen) atoms. The molecule has 2 aromatic rings. The molecule has 6 heteroatoms. The maximum atomic E-state index is 5.76. The van der Waals surface area contributed by atoms with Gasteiger partial charge in [-0.2, -0.15) is 0 Å². The summed E-state index contributed by atoms with van der Waals surface area (Å²) in [4.78, 5) is 0. The first-order valence-corrected chi connectivity index (χ1v) is 7.83. The quantitative estimate of drug-likeness (QED) is 0.576. The van der Waals surface area contributed by atoms with Crippen LogP contribution < -0.4 is 20.7 Å². The Labute approximate surface area is 140 Å². The molecule has 1 unspecified atom stereocenters. The Balaban J connectivity index is 2.55. The van der Waals surface area contributed by atoms with E-state index in [-0.39, 0.29) is 6.04 Å². The van der Waals surface area contributed by atoms with Gasteiger partial charge < -0.3 is 9.47 Å². The van der Waals surface area contributed by atoms with E-state index in [9.17, 15) is 0 Å². The number of hydrazine groups is 1. The zero-order valence-electron chi connectivity index (χ0n) is 11.7. The van der Waals surface area contributed by atoms with E-state index in [1.54, 1.807) is 14.2 Å². The van der Waals surface area contributed by atoms with Gasteiger partial charge in [-0.25, -0.2) is 5.43 Å². The molecule has 0 aliphatic heterocycles. The van der Waals surface area contributed by atoms with E-state index in [0.717, 1.165) is 20.1 Å². The van der Waals surface area contributed by atoms with Crippen molar-refractivity contribution >= 4 is 31.9 Å². The highest BCUT2D eigenvalue weighted by molar-refractivity contribution is 9.11. The number of nitrogens with one attached hydrogen (secondary N) is 1. The topological polar surface area (TPSA) is 56.5 Å². The number of halogens is 2. The van der Waals surface area contributed by atoms with E-state index in [1.165, 1.54) is 0 Å². The zero-order valence-corrected chi connectivity index (χ0v) is 14.9. The highest BCUT2D eigenvalue weighted by Gasteiger charge is 2.21. The molecule has 0 heterocycles. The molecule has 0 saturated carbocycles. The van der Waals surface area contributed by atoms with Gasteiger partial charge in [0.2, 0.25) is 0 Å². The first kappa shape index (κ1) is 16.3. The lowest BCUT2D eigenvalue weighted by Gasteiger charge is -2.21. The van der Waals surface area contributed by atoms with Crippen molar-refractivity contribution < 1.29 is 9.47 Å². The summed E-state index contributed by atoms with van der Waals surface area (Å²) < 4.78 is 12.6. The van der Waals surface area contributed by atoms with Gasteiger partial charge in [0.25, 0.3) is 0 Å². The van der Waals surface area contributed by atoms with Gasteiger partial charge in [0.15, 0.2) is 0 Å². The lowest BCUT2D eigenvalue weighted by molar-refractivity contribution is 0.383. The van der Waals surface area contributed by atoms with Crippen molar-refractivity contribution in [3.05, 3.63) is 56.5 Å². The molecule has 0 saturated heterocycles. The average Bonchev–Trinajstić information content (AvgIpc) is 2.48. The fourth-order valence-electron chi connectivity index (χ4n) is 2.20. The SMILES string of the molecule is COc1ccc(C(NN)c2cccc(Br)c2)c(OC)c1Br. The first-order valence-electron chi connectivity index (χ1n) is 6.24. The number of hydrogen-bond donors (Lipinski definition) is 2. The van der Waals surface area contributed by atoms with Crippen LogP contribution in [0.3, 0.4) is 0 Å². The van der Waals surface area contributed by atoms with E-state index in [1.807, 2.05) is 36.4 Å². The van der Waals surface area contributed by atoms with Crippen LogP contribution in [0, 0.1) is 0 Å². The molecule has 4 nitrogen and oxygen atoms in total. The van der Waals surface area contributed by atoms with Gasteiger partial charge in [0, 0.05) is 10.0 Å². The summed E-state index contributed by atoms with van der Waals surface area (Å²) in [6.45, 7) is 0. The van der Waals surface area contributed by atoms with Crippen molar-refractivity contribution in [3.8, 4) is 11.5 Å². The van der Waals surface area contributed by atoms with E-state index in [0.29, 0.717) is 11.5 Å². The van der Waals surface area contributed by atoms with Crippen LogP contribution in [0.15, 0.2) is 45.3 Å². The molecule has 1 atom stereocenters. The second-order valence-corrected chi connectivity index (χ2v) is 6.07. The number of hydrogen-bond acceptors (Lipinski definition) is 4. The lowest BCUT2D eigenvalue weighted by atomic mass is 9.98. The third-order valence-corrected chi connectivity index (χ3v) is 4.42. The predicted molar refractivity (Wildman–Crippen MR) is 90.6 cm³/mol. The Morgan fingerprint density at radius 3 is 2.43 bits per heavy atom. The van der Waals surface area contributed by atoms with Crippen LogP contribution >= 0.6 is 31.9 Å². The van der Waals surface area contributed by atoms with Crippen LogP contribution in [0.5, 0.6) is 11.5 Å². The molecule has 112 valence electrons. The molecule has 2 aromatic carbocycles. The van der Waals surface area contributed by atoms with Gasteiger partial charge in [0.1, 0.15) is 16.0 Å². The monoisotopic (exact) mass is 414 g/mol. The van der Waals surface area contributed by atoms with Crippen LogP contribution in [-0.4, -0.2) is 14.2 Å². The summed E-state index contributed by atoms with van der Waals surface area (Å²) in [6.07, 6.45) is 0. The Kier molecular flexibility index (Phi) is 5.64. The summed E-state index contributed by atoms with van der Waals surface area (Å²) in [5.74, 6) is 7.16. The minimum absolute atomic E-state index is 0.195. The molecule has 0 aliphatic carbocycles. The van der Waals surface area contributed by atoms with Gasteiger partial charge in [0.05, 0.1) is 20.3 Å². The first-order chi connectivity index (χ1) is 10.1. The highest BCUT2D eigenvalue weighted by atomic mass is 79.9. The molecular weight excluding hydrogens is 400 g/mol. The van der Waals surface area contributed by atoms with Crippen molar-refractivity contribution in [1.82, 2.24) is 5.43 Å². The maximum absolute atomic E-state index is 5.76. The van der Waals surface area contributed by atoms with E-state index < -0.39 is 0 Å². The van der Waals surface area contributed by atoms with Crippen molar-refractivity contribution in [1.29, 1.82) is 0 Å². The second kappa shape index (κ2) is 7.26. The average molecular weight is 416 g/mol. The standard InChI is InChI=1S/C15H16Br2N2O2/c1-20-12-7-6-11(15(21-2)13(12)17)14(19-18)9-4-3-5-10(16)8-9/h3-8,14,19H,18H2,1-2H3. The molecule has 0 spiro atoms. The fraction of sp³-hybridized carbons (Fsp3) is 0.200. The van der Waals surface area contributed by atoms with E-state index >= 15 is 0 Å². The Morgan fingerprint density at radius 2 is 1.86 bits per heavy atom. The lowest BCUT2D eigenvalue weighted by Crippen LogP contribution is -2.29. The summed E-state index contributed by atoms with van der Waals surface area (Å²) in [7, 11) is 3.24. The van der Waals surface area contributed by atoms with Crippen molar-refractivity contribution in [3.63, 3.8) is 0 Å². The second-order valence-electron chi connectivity index (χ2n) is 4.36. The fourth-order valence-corrected chi connectivity index (χ4v) is 3.30. The number of nitrogens with two attached hydrogens (primary N) is 1. The number of methoxy groups -OCH3 is 2. The molecule has 0 fully saturated rings. The molecule has 0 radical (unpaired) electrons. The molecule has 2 rings (SSSR count). The Bertz CT molecular complexity index is 635. The third kappa shape index (κ3) is 3.40. The summed E-state index contributed by atoms with van der Waals surface area (Å²) in [6, 6.07) is 11.6. The molecule has 0 bridgehead atoms. The van der Waals surface area contributed by atoms with Gasteiger partial charge >= 0.3 is 0 Å². The van der Waals surface area contributed by atoms with Gasteiger partial charge in [-0.3, -0.25) is 5.84 Å². The molecule has 0 aliphatic rings. The summed E-state index contributed by atoms with van der Waals surface area (Å²) in [5, 5.41) is 0. The van der Waals surface area contributed by atoms with Crippen LogP contribution in [-0.2, 0) is 0 Å². The number of benzene rings is 2.